The van der Waals surface area contributed by atoms with E-state index in [1.807, 2.05) is 72.8 Å². The molecule has 0 radical (unpaired) electrons. The van der Waals surface area contributed by atoms with E-state index in [9.17, 15) is 0 Å². The van der Waals surface area contributed by atoms with E-state index < -0.39 is 0 Å². The van der Waals surface area contributed by atoms with Gasteiger partial charge in [-0.2, -0.15) is 0 Å². The Balaban J connectivity index is 0.967. The van der Waals surface area contributed by atoms with Crippen molar-refractivity contribution in [1.29, 1.82) is 0 Å². The summed E-state index contributed by atoms with van der Waals surface area (Å²) in [6.07, 6.45) is 4.20. The van der Waals surface area contributed by atoms with Gasteiger partial charge in [-0.1, -0.05) is 109 Å². The first-order valence-electron chi connectivity index (χ1n) is 14.6. The van der Waals surface area contributed by atoms with Crippen molar-refractivity contribution >= 4 is 34.4 Å². The molecule has 0 saturated carbocycles. The average Bonchev–Trinajstić information content (AvgIpc) is 3.73. The molecule has 44 heavy (non-hydrogen) atoms. The van der Waals surface area contributed by atoms with Gasteiger partial charge in [0, 0.05) is 11.1 Å². The summed E-state index contributed by atoms with van der Waals surface area (Å²) in [5.74, 6) is 1.23. The Morgan fingerprint density at radius 1 is 0.364 bits per heavy atom. The molecule has 0 saturated heterocycles. The fourth-order valence-electron chi connectivity index (χ4n) is 5.39. The number of aromatic nitrogens is 2. The third kappa shape index (κ3) is 5.10. The van der Waals surface area contributed by atoms with Crippen LogP contribution in [0.1, 0.15) is 11.1 Å². The number of benzene rings is 6. The molecule has 0 atom stereocenters. The molecule has 0 spiro atoms. The summed E-state index contributed by atoms with van der Waals surface area (Å²) in [6, 6.07) is 49.4. The fraction of sp³-hybridized carbons (Fsp3) is 0. The van der Waals surface area contributed by atoms with E-state index >= 15 is 0 Å². The van der Waals surface area contributed by atoms with Crippen LogP contribution in [0.25, 0.3) is 79.5 Å². The summed E-state index contributed by atoms with van der Waals surface area (Å²) >= 11 is 0. The van der Waals surface area contributed by atoms with Crippen molar-refractivity contribution in [2.45, 2.75) is 0 Å². The summed E-state index contributed by atoms with van der Waals surface area (Å²) in [4.78, 5) is 9.47. The van der Waals surface area contributed by atoms with E-state index in [1.165, 1.54) is 0 Å². The molecule has 0 amide bonds. The van der Waals surface area contributed by atoms with Gasteiger partial charge in [-0.3, -0.25) is 0 Å². The second-order valence-electron chi connectivity index (χ2n) is 10.7. The van der Waals surface area contributed by atoms with Gasteiger partial charge in [0.05, 0.1) is 0 Å². The molecule has 0 aliphatic carbocycles. The quantitative estimate of drug-likeness (QED) is 0.188. The SMILES string of the molecule is C(=C\c1ccc(-c2nc3ccc(-c4ccccc4)cc3o2)cc1)/c1ccc(-c2nc3cc(-c4ccccc4)ccc3o2)cc1. The number of nitrogens with zero attached hydrogens (tertiary/aromatic N) is 2. The third-order valence-corrected chi connectivity index (χ3v) is 7.77. The molecule has 0 N–H and O–H groups in total. The molecular formula is C40H26N2O2. The molecule has 0 aliphatic rings. The van der Waals surface area contributed by atoms with Gasteiger partial charge in [0.2, 0.25) is 11.8 Å². The predicted octanol–water partition coefficient (Wildman–Crippen LogP) is 10.8. The van der Waals surface area contributed by atoms with Crippen LogP contribution in [0.2, 0.25) is 0 Å². The van der Waals surface area contributed by atoms with Gasteiger partial charge in [0.1, 0.15) is 11.0 Å². The van der Waals surface area contributed by atoms with Crippen LogP contribution >= 0.6 is 0 Å². The average molecular weight is 567 g/mol. The lowest BCUT2D eigenvalue weighted by Gasteiger charge is -2.00. The number of hydrogen-bond acceptors (Lipinski definition) is 4. The minimum absolute atomic E-state index is 0.617. The Bertz CT molecular complexity index is 2080. The summed E-state index contributed by atoms with van der Waals surface area (Å²) in [7, 11) is 0. The molecule has 8 rings (SSSR count). The molecule has 0 aliphatic heterocycles. The van der Waals surface area contributed by atoms with E-state index in [4.69, 9.17) is 18.8 Å². The molecule has 208 valence electrons. The maximum atomic E-state index is 6.14. The van der Waals surface area contributed by atoms with Gasteiger partial charge in [-0.05, 0) is 81.9 Å². The van der Waals surface area contributed by atoms with E-state index in [0.29, 0.717) is 11.8 Å². The second kappa shape index (κ2) is 11.0. The van der Waals surface area contributed by atoms with Crippen LogP contribution in [0.3, 0.4) is 0 Å². The van der Waals surface area contributed by atoms with Gasteiger partial charge in [-0.15, -0.1) is 0 Å². The number of hydrogen-bond donors (Lipinski definition) is 0. The first-order valence-corrected chi connectivity index (χ1v) is 14.6. The first-order chi connectivity index (χ1) is 21.7. The molecule has 4 heteroatoms. The van der Waals surface area contributed by atoms with Crippen LogP contribution in [0.5, 0.6) is 0 Å². The Hall–Kier alpha value is -6.00. The van der Waals surface area contributed by atoms with Crippen molar-refractivity contribution in [1.82, 2.24) is 9.97 Å². The highest BCUT2D eigenvalue weighted by atomic mass is 16.4. The van der Waals surface area contributed by atoms with Gasteiger partial charge < -0.3 is 8.83 Å². The van der Waals surface area contributed by atoms with Crippen LogP contribution in [0, 0.1) is 0 Å². The largest absolute Gasteiger partial charge is 0.436 e. The zero-order chi connectivity index (χ0) is 29.3. The monoisotopic (exact) mass is 566 g/mol. The lowest BCUT2D eigenvalue weighted by molar-refractivity contribution is 0.619. The molecule has 6 aromatic carbocycles. The molecule has 8 aromatic rings. The van der Waals surface area contributed by atoms with Crippen molar-refractivity contribution in [2.24, 2.45) is 0 Å². The van der Waals surface area contributed by atoms with Gasteiger partial charge >= 0.3 is 0 Å². The molecule has 4 nitrogen and oxygen atoms in total. The Morgan fingerprint density at radius 3 is 1.43 bits per heavy atom. The Kier molecular flexibility index (Phi) is 6.43. The highest BCUT2D eigenvalue weighted by Gasteiger charge is 2.11. The van der Waals surface area contributed by atoms with E-state index in [1.54, 1.807) is 0 Å². The van der Waals surface area contributed by atoms with Crippen LogP contribution in [-0.2, 0) is 0 Å². The van der Waals surface area contributed by atoms with E-state index in [-0.39, 0.29) is 0 Å². The highest BCUT2D eigenvalue weighted by molar-refractivity contribution is 5.84. The van der Waals surface area contributed by atoms with Gasteiger partial charge in [0.25, 0.3) is 0 Å². The minimum Gasteiger partial charge on any atom is -0.436 e. The van der Waals surface area contributed by atoms with Gasteiger partial charge in [0.15, 0.2) is 11.2 Å². The summed E-state index contributed by atoms with van der Waals surface area (Å²) in [5, 5.41) is 0. The van der Waals surface area contributed by atoms with Crippen LogP contribution in [-0.4, -0.2) is 9.97 Å². The minimum atomic E-state index is 0.617. The van der Waals surface area contributed by atoms with E-state index in [0.717, 1.165) is 66.7 Å². The van der Waals surface area contributed by atoms with Crippen LogP contribution in [0.4, 0.5) is 0 Å². The second-order valence-corrected chi connectivity index (χ2v) is 10.7. The van der Waals surface area contributed by atoms with Crippen LogP contribution < -0.4 is 0 Å². The zero-order valence-corrected chi connectivity index (χ0v) is 23.7. The topological polar surface area (TPSA) is 52.1 Å². The Morgan fingerprint density at radius 2 is 0.841 bits per heavy atom. The molecular weight excluding hydrogens is 540 g/mol. The summed E-state index contributed by atoms with van der Waals surface area (Å²) < 4.78 is 12.2. The first kappa shape index (κ1) is 25.7. The normalized spacial score (nSPS) is 11.5. The summed E-state index contributed by atoms with van der Waals surface area (Å²) in [6.45, 7) is 0. The standard InChI is InChI=1S/C40H26N2O2/c1-3-7-29(8-4-1)33-22-24-37-36(25-33)42-40(43-37)32-19-15-28(16-20-32)12-11-27-13-17-31(18-14-27)39-41-35-23-21-34(26-38(35)44-39)30-9-5-2-6-10-30/h1-26H/b12-11+. The van der Waals surface area contributed by atoms with Crippen molar-refractivity contribution in [3.8, 4) is 45.2 Å². The van der Waals surface area contributed by atoms with Crippen molar-refractivity contribution in [2.75, 3.05) is 0 Å². The Labute approximate surface area is 254 Å². The predicted molar refractivity (Wildman–Crippen MR) is 179 cm³/mol. The number of fused-ring (bicyclic) bond motifs is 2. The smallest absolute Gasteiger partial charge is 0.227 e. The summed E-state index contributed by atoms with van der Waals surface area (Å²) in [5.41, 5.74) is 11.9. The van der Waals surface area contributed by atoms with Gasteiger partial charge in [-0.25, -0.2) is 9.97 Å². The molecule has 0 unspecified atom stereocenters. The molecule has 2 aromatic heterocycles. The number of rotatable bonds is 6. The molecule has 0 bridgehead atoms. The molecule has 0 fully saturated rings. The fourth-order valence-corrected chi connectivity index (χ4v) is 5.39. The zero-order valence-electron chi connectivity index (χ0n) is 23.7. The highest BCUT2D eigenvalue weighted by Crippen LogP contribution is 2.30. The maximum Gasteiger partial charge on any atom is 0.227 e. The molecule has 2 heterocycles. The lowest BCUT2D eigenvalue weighted by atomic mass is 10.1. The lowest BCUT2D eigenvalue weighted by Crippen LogP contribution is -1.80. The van der Waals surface area contributed by atoms with Crippen molar-refractivity contribution in [3.05, 3.63) is 157 Å². The van der Waals surface area contributed by atoms with Crippen molar-refractivity contribution in [3.63, 3.8) is 0 Å². The van der Waals surface area contributed by atoms with E-state index in [2.05, 4.69) is 84.9 Å². The van der Waals surface area contributed by atoms with Crippen LogP contribution in [0.15, 0.2) is 154 Å². The number of oxazole rings is 2. The maximum absolute atomic E-state index is 6.14. The third-order valence-electron chi connectivity index (χ3n) is 7.77. The van der Waals surface area contributed by atoms with Crippen molar-refractivity contribution < 1.29 is 8.83 Å².